The van der Waals surface area contributed by atoms with E-state index in [4.69, 9.17) is 0 Å². The van der Waals surface area contributed by atoms with Gasteiger partial charge >= 0.3 is 30.0 Å². The van der Waals surface area contributed by atoms with Gasteiger partial charge in [-0.2, -0.15) is 0 Å². The molecule has 1 aromatic rings. The molecule has 0 amide bonds. The van der Waals surface area contributed by atoms with Gasteiger partial charge in [-0.1, -0.05) is 6.07 Å². The molecule has 0 radical (unpaired) electrons. The monoisotopic (exact) mass is 286 g/mol. The molecule has 62 valence electrons. The van der Waals surface area contributed by atoms with Gasteiger partial charge in [0, 0.05) is 11.6 Å². The summed E-state index contributed by atoms with van der Waals surface area (Å²) in [5.41, 5.74) is 0. The molecule has 0 fully saturated rings. The standard InChI is InChI=1S/C7H5F2O.BrH.Zn/c1-10-7-3-2-5(8)4-6(7)9;;/h2,4H,1H3;1H;/q-1;;+2/p-1. The molecule has 0 saturated carbocycles. The van der Waals surface area contributed by atoms with Gasteiger partial charge in [-0.15, -0.1) is 12.1 Å². The van der Waals surface area contributed by atoms with Gasteiger partial charge in [0.25, 0.3) is 0 Å². The zero-order valence-electron chi connectivity index (χ0n) is 6.40. The van der Waals surface area contributed by atoms with Crippen molar-refractivity contribution in [3.63, 3.8) is 0 Å². The van der Waals surface area contributed by atoms with E-state index in [9.17, 15) is 8.78 Å². The summed E-state index contributed by atoms with van der Waals surface area (Å²) in [4.78, 5) is 0. The quantitative estimate of drug-likeness (QED) is 0.570. The number of hydrogen-bond donors (Lipinski definition) is 0. The molecule has 1 aromatic carbocycles. The third-order valence-electron chi connectivity index (χ3n) is 1.03. The maximum atomic E-state index is 12.5. The molecule has 5 heteroatoms. The summed E-state index contributed by atoms with van der Waals surface area (Å²) in [6, 6.07) is 4.04. The summed E-state index contributed by atoms with van der Waals surface area (Å²) in [5, 5.41) is 0. The second-order valence-electron chi connectivity index (χ2n) is 1.70. The van der Waals surface area contributed by atoms with Crippen LogP contribution in [0.4, 0.5) is 8.78 Å². The molecule has 0 spiro atoms. The molecule has 0 atom stereocenters. The molecular formula is C7H5BrF2OZn. The van der Waals surface area contributed by atoms with Crippen LogP contribution < -0.4 is 4.74 Å². The summed E-state index contributed by atoms with van der Waals surface area (Å²) >= 11 is 4.25. The Hall–Kier alpha value is -0.0166. The van der Waals surface area contributed by atoms with E-state index in [0.29, 0.717) is 0 Å². The molecule has 0 N–H and O–H groups in total. The van der Waals surface area contributed by atoms with Gasteiger partial charge in [0.2, 0.25) is 0 Å². The van der Waals surface area contributed by atoms with Gasteiger partial charge in [-0.25, -0.2) is 0 Å². The SMILES string of the molecule is COc1[c-]cc(F)cc1F.[Zn+][Br]. The third-order valence-corrected chi connectivity index (χ3v) is 1.03. The van der Waals surface area contributed by atoms with Crippen molar-refractivity contribution in [3.05, 3.63) is 29.8 Å². The zero-order chi connectivity index (χ0) is 9.56. The Morgan fingerprint density at radius 2 is 2.08 bits per heavy atom. The molecule has 0 heterocycles. The van der Waals surface area contributed by atoms with E-state index in [1.807, 2.05) is 0 Å². The van der Waals surface area contributed by atoms with E-state index in [-0.39, 0.29) is 5.75 Å². The Morgan fingerprint density at radius 1 is 1.50 bits per heavy atom. The first-order chi connectivity index (χ1) is 5.74. The Balaban J connectivity index is 0.000000561. The number of hydrogen-bond acceptors (Lipinski definition) is 1. The summed E-state index contributed by atoms with van der Waals surface area (Å²) in [6.07, 6.45) is 0. The van der Waals surface area contributed by atoms with Crippen LogP contribution in [0.15, 0.2) is 12.1 Å². The van der Waals surface area contributed by atoms with Crippen LogP contribution in [-0.4, -0.2) is 7.11 Å². The fourth-order valence-corrected chi connectivity index (χ4v) is 0.588. The molecule has 0 aromatic heterocycles. The Bertz CT molecular complexity index is 245. The summed E-state index contributed by atoms with van der Waals surface area (Å²) in [7, 11) is 1.30. The topological polar surface area (TPSA) is 9.23 Å². The molecule has 0 saturated heterocycles. The van der Waals surface area contributed by atoms with Crippen molar-refractivity contribution < 1.29 is 29.9 Å². The second kappa shape index (κ2) is 6.49. The number of rotatable bonds is 1. The van der Waals surface area contributed by atoms with Crippen molar-refractivity contribution in [1.82, 2.24) is 0 Å². The Labute approximate surface area is 86.1 Å². The first-order valence-electron chi connectivity index (χ1n) is 2.91. The molecule has 12 heavy (non-hydrogen) atoms. The van der Waals surface area contributed by atoms with E-state index in [2.05, 4.69) is 24.4 Å². The van der Waals surface area contributed by atoms with Crippen molar-refractivity contribution in [1.29, 1.82) is 0 Å². The predicted molar refractivity (Wildman–Crippen MR) is 40.7 cm³/mol. The summed E-state index contributed by atoms with van der Waals surface area (Å²) in [5.74, 6) is -1.46. The van der Waals surface area contributed by atoms with Crippen molar-refractivity contribution in [2.75, 3.05) is 7.11 Å². The second-order valence-corrected chi connectivity index (χ2v) is 1.70. The number of benzene rings is 1. The van der Waals surface area contributed by atoms with Crippen molar-refractivity contribution in [3.8, 4) is 5.75 Å². The van der Waals surface area contributed by atoms with Crippen molar-refractivity contribution in [2.45, 2.75) is 0 Å². The first kappa shape index (κ1) is 12.0. The number of methoxy groups -OCH3 is 1. The number of ether oxygens (including phenoxy) is 1. The van der Waals surface area contributed by atoms with Gasteiger partial charge in [0.05, 0.1) is 12.9 Å². The van der Waals surface area contributed by atoms with Crippen LogP contribution in [0.2, 0.25) is 0 Å². The van der Waals surface area contributed by atoms with Gasteiger partial charge in [-0.3, -0.25) is 8.78 Å². The molecule has 1 nitrogen and oxygen atoms in total. The fraction of sp³-hybridized carbons (Fsp3) is 0.143. The van der Waals surface area contributed by atoms with Crippen LogP contribution in [-0.2, 0) is 16.3 Å². The molecule has 0 unspecified atom stereocenters. The van der Waals surface area contributed by atoms with E-state index in [1.54, 1.807) is 0 Å². The minimum absolute atomic E-state index is 0.0681. The van der Waals surface area contributed by atoms with Crippen molar-refractivity contribution >= 4 is 13.6 Å². The maximum absolute atomic E-state index is 12.5. The third kappa shape index (κ3) is 3.59. The molecular weight excluding hydrogens is 283 g/mol. The molecule has 0 aliphatic carbocycles. The first-order valence-corrected chi connectivity index (χ1v) is 9.86. The van der Waals surface area contributed by atoms with Gasteiger partial charge < -0.3 is 4.74 Å². The van der Waals surface area contributed by atoms with Crippen LogP contribution in [0.1, 0.15) is 0 Å². The summed E-state index contributed by atoms with van der Waals surface area (Å²) in [6.45, 7) is 0. The predicted octanol–water partition coefficient (Wildman–Crippen LogP) is 2.62. The van der Waals surface area contributed by atoms with Gasteiger partial charge in [0.1, 0.15) is 0 Å². The molecule has 0 aliphatic rings. The van der Waals surface area contributed by atoms with E-state index in [0.717, 1.165) is 12.1 Å². The van der Waals surface area contributed by atoms with Crippen LogP contribution in [0.3, 0.4) is 0 Å². The van der Waals surface area contributed by atoms with Crippen LogP contribution >= 0.6 is 13.6 Å². The fourth-order valence-electron chi connectivity index (χ4n) is 0.588. The van der Waals surface area contributed by atoms with Crippen molar-refractivity contribution in [2.24, 2.45) is 0 Å². The van der Waals surface area contributed by atoms with E-state index >= 15 is 0 Å². The minimum atomic E-state index is -0.734. The van der Waals surface area contributed by atoms with Crippen LogP contribution in [0.25, 0.3) is 0 Å². The van der Waals surface area contributed by atoms with Crippen LogP contribution in [0, 0.1) is 17.7 Å². The van der Waals surface area contributed by atoms with Gasteiger partial charge in [-0.05, 0) is 0 Å². The normalized spacial score (nSPS) is 8.50. The Kier molecular flexibility index (Phi) is 6.49. The summed E-state index contributed by atoms with van der Waals surface area (Å²) < 4.78 is 29.1. The van der Waals surface area contributed by atoms with E-state index in [1.165, 1.54) is 23.5 Å². The molecule has 0 aliphatic heterocycles. The Morgan fingerprint density at radius 3 is 2.50 bits per heavy atom. The average molecular weight is 288 g/mol. The average Bonchev–Trinajstić information content (AvgIpc) is 2.08. The molecule has 1 rings (SSSR count). The van der Waals surface area contributed by atoms with E-state index < -0.39 is 11.6 Å². The zero-order valence-corrected chi connectivity index (χ0v) is 11.0. The number of halogens is 3. The molecule has 0 bridgehead atoms. The van der Waals surface area contributed by atoms with Crippen LogP contribution in [0.5, 0.6) is 5.75 Å². The van der Waals surface area contributed by atoms with Gasteiger partial charge in [0.15, 0.2) is 0 Å².